The van der Waals surface area contributed by atoms with Crippen molar-refractivity contribution in [2.45, 2.75) is 216 Å². The maximum absolute atomic E-state index is 11.5. The summed E-state index contributed by atoms with van der Waals surface area (Å²) in [5, 5.41) is 157. The fourth-order valence-electron chi connectivity index (χ4n) is 10.2. The molecule has 0 aromatic rings. The van der Waals surface area contributed by atoms with E-state index >= 15 is 0 Å². The van der Waals surface area contributed by atoms with E-state index in [0.717, 1.165) is 0 Å². The number of hydrogen-bond acceptors (Lipinski definition) is 35. The van der Waals surface area contributed by atoms with Gasteiger partial charge in [-0.3, -0.25) is 0 Å². The van der Waals surface area contributed by atoms with Crippen molar-refractivity contribution in [2.24, 2.45) is 40.1 Å². The zero-order valence-electron chi connectivity index (χ0n) is 41.6. The van der Waals surface area contributed by atoms with E-state index in [9.17, 15) is 71.5 Å². The van der Waals surface area contributed by atoms with E-state index in [1.807, 2.05) is 0 Å². The molecule has 0 spiro atoms. The SMILES string of the molecule is CC1OC2OC(CN)C(OC3OC(CN)C(OC4OC(CN)C(OC5OC(CN)C(OC6OC(CN)C(OC7OC(CN)C(OC(C(O)O)OC1CN)C(O)C7O)C(O)C6O)C(O)C5O)C(O)C4O)C(O)C3O)C(O)C2O. The van der Waals surface area contributed by atoms with Gasteiger partial charge in [-0.05, 0) is 6.92 Å². The molecule has 13 saturated heterocycles. The van der Waals surface area contributed by atoms with Crippen molar-refractivity contribution in [2.75, 3.05) is 45.8 Å². The van der Waals surface area contributed by atoms with Crippen LogP contribution < -0.4 is 40.1 Å². The molecule has 35 heteroatoms. The highest BCUT2D eigenvalue weighted by atomic mass is 16.8. The fraction of sp³-hybridized carbons (Fsp3) is 1.00. The van der Waals surface area contributed by atoms with Gasteiger partial charge in [0.05, 0.1) is 12.2 Å². The molecule has 13 heterocycles. The monoisotopic (exact) mass is 1130 g/mol. The molecule has 13 fully saturated rings. The van der Waals surface area contributed by atoms with Crippen LogP contribution in [0.15, 0.2) is 0 Å². The molecule has 33 atom stereocenters. The highest BCUT2D eigenvalue weighted by Crippen LogP contribution is 2.37. The van der Waals surface area contributed by atoms with Crippen LogP contribution >= 0.6 is 0 Å². The first-order chi connectivity index (χ1) is 36.6. The molecule has 13 aliphatic heterocycles. The molecule has 12 bridgehead atoms. The highest BCUT2D eigenvalue weighted by molar-refractivity contribution is 5.01. The van der Waals surface area contributed by atoms with Crippen LogP contribution in [0, 0.1) is 0 Å². The minimum absolute atomic E-state index is 0.429. The van der Waals surface area contributed by atoms with Crippen LogP contribution in [0.3, 0.4) is 0 Å². The molecule has 0 radical (unpaired) electrons. The summed E-state index contributed by atoms with van der Waals surface area (Å²) in [5.74, 6) is 0. The number of aliphatic hydroxyl groups excluding tert-OH is 13. The lowest BCUT2D eigenvalue weighted by Gasteiger charge is -2.50. The van der Waals surface area contributed by atoms with Gasteiger partial charge in [0.1, 0.15) is 146 Å². The summed E-state index contributed by atoms with van der Waals surface area (Å²) in [7, 11) is 0. The summed E-state index contributed by atoms with van der Waals surface area (Å²) >= 11 is 0. The van der Waals surface area contributed by atoms with E-state index in [4.69, 9.17) is 106 Å². The van der Waals surface area contributed by atoms with Gasteiger partial charge in [-0.15, -0.1) is 0 Å². The van der Waals surface area contributed by atoms with Crippen molar-refractivity contribution < 1.29 is 138 Å². The molecule has 13 aliphatic rings. The summed E-state index contributed by atoms with van der Waals surface area (Å²) in [5.41, 5.74) is 42.0. The molecule has 450 valence electrons. The molecule has 0 saturated carbocycles. The van der Waals surface area contributed by atoms with Crippen LogP contribution in [0.2, 0.25) is 0 Å². The zero-order chi connectivity index (χ0) is 56.5. The normalized spacial score (nSPS) is 52.9. The molecule has 0 amide bonds. The average molecular weight is 1130 g/mol. The standard InChI is InChI=1S/C42H79N7O28/c1-9-10(2-43)65-42(35(62)63)77-34-16(8-49)71-41(28(61)22(34)55)76-33-15(7-48)70-40(27(60)21(33)54)75-32-14(6-47)69-39(26(59)20(32)53)74-31-13(5-46)68-38(25(58)19(31)52)73-30-12(4-45)67-37(24(57)18(30)51)72-29-11(3-44)66-36(64-9)23(56)17(29)50/h9-42,50-63H,2-8,43-49H2,1H3. The van der Waals surface area contributed by atoms with Gasteiger partial charge < -0.3 is 178 Å². The largest absolute Gasteiger partial charge is 0.387 e. The van der Waals surface area contributed by atoms with Gasteiger partial charge in [-0.1, -0.05) is 0 Å². The van der Waals surface area contributed by atoms with Crippen molar-refractivity contribution in [3.05, 3.63) is 0 Å². The Hall–Kier alpha value is -1.40. The van der Waals surface area contributed by atoms with Crippen molar-refractivity contribution in [3.63, 3.8) is 0 Å². The lowest BCUT2D eigenvalue weighted by atomic mass is 9.95. The topological polar surface area (TPSA) is 595 Å². The molecule has 0 aromatic heterocycles. The Labute approximate surface area is 439 Å². The van der Waals surface area contributed by atoms with Gasteiger partial charge in [0.15, 0.2) is 37.7 Å². The Morgan fingerprint density at radius 3 is 0.649 bits per heavy atom. The second kappa shape index (κ2) is 27.3. The van der Waals surface area contributed by atoms with Crippen molar-refractivity contribution in [1.29, 1.82) is 0 Å². The first-order valence-corrected chi connectivity index (χ1v) is 25.2. The summed E-state index contributed by atoms with van der Waals surface area (Å²) in [6, 6.07) is 0. The molecular weight excluding hydrogens is 1050 g/mol. The average Bonchev–Trinajstić information content (AvgIpc) is 3.42. The molecule has 28 N–H and O–H groups in total. The third-order valence-electron chi connectivity index (χ3n) is 14.6. The maximum Gasteiger partial charge on any atom is 0.209 e. The van der Waals surface area contributed by atoms with E-state index in [2.05, 4.69) is 0 Å². The molecular formula is C42H79N7O28. The first kappa shape index (κ1) is 63.2. The molecule has 0 aliphatic carbocycles. The van der Waals surface area contributed by atoms with Gasteiger partial charge in [0, 0.05) is 45.8 Å². The predicted molar refractivity (Wildman–Crippen MR) is 244 cm³/mol. The van der Waals surface area contributed by atoms with Crippen molar-refractivity contribution in [1.82, 2.24) is 0 Å². The maximum atomic E-state index is 11.5. The predicted octanol–water partition coefficient (Wildman–Crippen LogP) is -14.9. The van der Waals surface area contributed by atoms with Gasteiger partial charge in [-0.2, -0.15) is 0 Å². The highest BCUT2D eigenvalue weighted by Gasteiger charge is 2.58. The number of hydrogen-bond donors (Lipinski definition) is 21. The van der Waals surface area contributed by atoms with Crippen molar-refractivity contribution in [3.8, 4) is 0 Å². The number of nitrogens with two attached hydrogens (primary N) is 7. The number of aliphatic hydroxyl groups is 14. The van der Waals surface area contributed by atoms with E-state index in [1.165, 1.54) is 6.92 Å². The first-order valence-electron chi connectivity index (χ1n) is 25.2. The summed E-state index contributed by atoms with van der Waals surface area (Å²) in [6.07, 6.45) is -60.8. The van der Waals surface area contributed by atoms with Gasteiger partial charge >= 0.3 is 0 Å². The van der Waals surface area contributed by atoms with E-state index < -0.39 is 255 Å². The lowest BCUT2D eigenvalue weighted by Crippen LogP contribution is -2.69. The van der Waals surface area contributed by atoms with Gasteiger partial charge in [0.2, 0.25) is 12.6 Å². The third-order valence-corrected chi connectivity index (χ3v) is 14.6. The van der Waals surface area contributed by atoms with E-state index in [-0.39, 0.29) is 0 Å². The minimum Gasteiger partial charge on any atom is -0.387 e. The summed E-state index contributed by atoms with van der Waals surface area (Å²) in [4.78, 5) is 0. The summed E-state index contributed by atoms with van der Waals surface area (Å²) in [6.45, 7) is -1.88. The second-order valence-corrected chi connectivity index (χ2v) is 19.7. The smallest absolute Gasteiger partial charge is 0.209 e. The molecule has 0 aromatic carbocycles. The Morgan fingerprint density at radius 2 is 0.455 bits per heavy atom. The van der Waals surface area contributed by atoms with Crippen LogP contribution in [-0.2, 0) is 66.3 Å². The van der Waals surface area contributed by atoms with Crippen molar-refractivity contribution >= 4 is 0 Å². The molecule has 35 nitrogen and oxygen atoms in total. The Kier molecular flexibility index (Phi) is 22.4. The molecule has 77 heavy (non-hydrogen) atoms. The van der Waals surface area contributed by atoms with E-state index in [0.29, 0.717) is 0 Å². The van der Waals surface area contributed by atoms with Crippen LogP contribution in [0.25, 0.3) is 0 Å². The summed E-state index contributed by atoms with van der Waals surface area (Å²) < 4.78 is 82.1. The van der Waals surface area contributed by atoms with Gasteiger partial charge in [0.25, 0.3) is 0 Å². The van der Waals surface area contributed by atoms with Crippen LogP contribution in [-0.4, -0.2) is 326 Å². The van der Waals surface area contributed by atoms with Crippen LogP contribution in [0.1, 0.15) is 6.92 Å². The minimum atomic E-state index is -2.49. The molecule has 13 rings (SSSR count). The lowest BCUT2D eigenvalue weighted by molar-refractivity contribution is -0.391. The van der Waals surface area contributed by atoms with Crippen LogP contribution in [0.5, 0.6) is 0 Å². The number of fused-ring (bicyclic) bond motifs is 6. The number of rotatable bonds is 8. The van der Waals surface area contributed by atoms with E-state index in [1.54, 1.807) is 0 Å². The quantitative estimate of drug-likeness (QED) is 0.100. The number of ether oxygens (including phenoxy) is 14. The zero-order valence-corrected chi connectivity index (χ0v) is 41.6. The third kappa shape index (κ3) is 13.2. The Bertz CT molecular complexity index is 1800. The Morgan fingerprint density at radius 1 is 0.260 bits per heavy atom. The molecule has 33 unspecified atom stereocenters. The Balaban J connectivity index is 1.17. The fourth-order valence-corrected chi connectivity index (χ4v) is 10.2. The van der Waals surface area contributed by atoms with Crippen LogP contribution in [0.4, 0.5) is 0 Å². The second-order valence-electron chi connectivity index (χ2n) is 19.7. The van der Waals surface area contributed by atoms with Gasteiger partial charge in [-0.25, -0.2) is 0 Å².